The summed E-state index contributed by atoms with van der Waals surface area (Å²) in [6.45, 7) is 6.45. The van der Waals surface area contributed by atoms with E-state index in [2.05, 4.69) is 34.3 Å². The van der Waals surface area contributed by atoms with E-state index in [0.29, 0.717) is 24.6 Å². The number of likely N-dealkylation sites (tertiary alicyclic amines) is 1. The maximum Gasteiger partial charge on any atom is 0.194 e. The molecule has 1 aliphatic rings. The SMILES string of the molecule is CCNC(=NCc1ccccc1F)N1CCC(COCc2ccccc2)C1. The van der Waals surface area contributed by atoms with Gasteiger partial charge in [0.2, 0.25) is 0 Å². The number of rotatable bonds is 7. The van der Waals surface area contributed by atoms with Gasteiger partial charge in [-0.25, -0.2) is 9.38 Å². The summed E-state index contributed by atoms with van der Waals surface area (Å²) in [6.07, 6.45) is 1.08. The third-order valence-corrected chi connectivity index (χ3v) is 4.74. The second-order valence-electron chi connectivity index (χ2n) is 6.86. The predicted octanol–water partition coefficient (Wildman–Crippen LogP) is 3.83. The van der Waals surface area contributed by atoms with Gasteiger partial charge in [-0.2, -0.15) is 0 Å². The summed E-state index contributed by atoms with van der Waals surface area (Å²) in [7, 11) is 0. The fraction of sp³-hybridized carbons (Fsp3) is 0.409. The lowest BCUT2D eigenvalue weighted by molar-refractivity contribution is 0.0906. The monoisotopic (exact) mass is 369 g/mol. The third-order valence-electron chi connectivity index (χ3n) is 4.74. The Morgan fingerprint density at radius 3 is 2.74 bits per heavy atom. The molecular formula is C22H28FN3O. The molecule has 0 spiro atoms. The van der Waals surface area contributed by atoms with E-state index in [-0.39, 0.29) is 5.82 Å². The van der Waals surface area contributed by atoms with Gasteiger partial charge in [-0.15, -0.1) is 0 Å². The number of nitrogens with one attached hydrogen (secondary N) is 1. The van der Waals surface area contributed by atoms with Crippen molar-refractivity contribution < 1.29 is 9.13 Å². The lowest BCUT2D eigenvalue weighted by Crippen LogP contribution is -2.40. The molecule has 1 aliphatic heterocycles. The topological polar surface area (TPSA) is 36.9 Å². The number of hydrogen-bond acceptors (Lipinski definition) is 2. The first-order valence-electron chi connectivity index (χ1n) is 9.64. The second-order valence-corrected chi connectivity index (χ2v) is 6.86. The molecule has 1 N–H and O–H groups in total. The lowest BCUT2D eigenvalue weighted by Gasteiger charge is -2.21. The molecule has 3 rings (SSSR count). The van der Waals surface area contributed by atoms with Crippen LogP contribution in [0.3, 0.4) is 0 Å². The summed E-state index contributed by atoms with van der Waals surface area (Å²) in [6, 6.07) is 17.1. The predicted molar refractivity (Wildman–Crippen MR) is 107 cm³/mol. The van der Waals surface area contributed by atoms with Crippen LogP contribution in [0.5, 0.6) is 0 Å². The summed E-state index contributed by atoms with van der Waals surface area (Å²) in [4.78, 5) is 6.89. The minimum Gasteiger partial charge on any atom is -0.376 e. The molecule has 27 heavy (non-hydrogen) atoms. The first-order chi connectivity index (χ1) is 13.3. The Labute approximate surface area is 161 Å². The van der Waals surface area contributed by atoms with Gasteiger partial charge < -0.3 is 15.0 Å². The van der Waals surface area contributed by atoms with Crippen LogP contribution in [0, 0.1) is 11.7 Å². The molecule has 1 fully saturated rings. The number of aliphatic imine (C=N–C) groups is 1. The van der Waals surface area contributed by atoms with E-state index >= 15 is 0 Å². The highest BCUT2D eigenvalue weighted by atomic mass is 19.1. The summed E-state index contributed by atoms with van der Waals surface area (Å²) in [5.74, 6) is 1.14. The van der Waals surface area contributed by atoms with E-state index in [9.17, 15) is 4.39 Å². The second kappa shape index (κ2) is 10.1. The van der Waals surface area contributed by atoms with E-state index in [1.165, 1.54) is 11.6 Å². The molecule has 5 heteroatoms. The van der Waals surface area contributed by atoms with Crippen LogP contribution in [0.15, 0.2) is 59.6 Å². The van der Waals surface area contributed by atoms with Crippen molar-refractivity contribution in [1.82, 2.24) is 10.2 Å². The van der Waals surface area contributed by atoms with E-state index in [4.69, 9.17) is 4.74 Å². The van der Waals surface area contributed by atoms with Gasteiger partial charge in [-0.1, -0.05) is 48.5 Å². The molecule has 144 valence electrons. The molecule has 2 aromatic carbocycles. The van der Waals surface area contributed by atoms with Gasteiger partial charge in [0.15, 0.2) is 5.96 Å². The number of ether oxygens (including phenoxy) is 1. The number of benzene rings is 2. The van der Waals surface area contributed by atoms with E-state index in [1.807, 2.05) is 24.3 Å². The summed E-state index contributed by atoms with van der Waals surface area (Å²) in [5, 5.41) is 3.33. The average Bonchev–Trinajstić information content (AvgIpc) is 3.16. The van der Waals surface area contributed by atoms with E-state index in [0.717, 1.165) is 38.6 Å². The minimum absolute atomic E-state index is 0.203. The molecule has 0 bridgehead atoms. The molecule has 0 radical (unpaired) electrons. The molecule has 1 saturated heterocycles. The highest BCUT2D eigenvalue weighted by Gasteiger charge is 2.25. The third kappa shape index (κ3) is 5.79. The Morgan fingerprint density at radius 1 is 1.19 bits per heavy atom. The van der Waals surface area contributed by atoms with Gasteiger partial charge in [-0.05, 0) is 25.0 Å². The van der Waals surface area contributed by atoms with Gasteiger partial charge in [0.25, 0.3) is 0 Å². The highest BCUT2D eigenvalue weighted by molar-refractivity contribution is 5.80. The van der Waals surface area contributed by atoms with Crippen molar-refractivity contribution in [1.29, 1.82) is 0 Å². The Morgan fingerprint density at radius 2 is 1.96 bits per heavy atom. The van der Waals surface area contributed by atoms with Crippen LogP contribution in [0.2, 0.25) is 0 Å². The summed E-state index contributed by atoms with van der Waals surface area (Å²) >= 11 is 0. The quantitative estimate of drug-likeness (QED) is 0.595. The smallest absolute Gasteiger partial charge is 0.194 e. The van der Waals surface area contributed by atoms with Crippen LogP contribution in [-0.4, -0.2) is 37.1 Å². The van der Waals surface area contributed by atoms with Gasteiger partial charge >= 0.3 is 0 Å². The number of nitrogens with zero attached hydrogens (tertiary/aromatic N) is 2. The van der Waals surface area contributed by atoms with Crippen molar-refractivity contribution in [3.63, 3.8) is 0 Å². The van der Waals surface area contributed by atoms with Crippen molar-refractivity contribution in [2.75, 3.05) is 26.2 Å². The Balaban J connectivity index is 1.51. The highest BCUT2D eigenvalue weighted by Crippen LogP contribution is 2.18. The zero-order valence-corrected chi connectivity index (χ0v) is 15.9. The lowest BCUT2D eigenvalue weighted by atomic mass is 10.1. The van der Waals surface area contributed by atoms with Gasteiger partial charge in [-0.3, -0.25) is 0 Å². The van der Waals surface area contributed by atoms with Crippen LogP contribution in [0.25, 0.3) is 0 Å². The molecular weight excluding hydrogens is 341 g/mol. The molecule has 1 atom stereocenters. The van der Waals surface area contributed by atoms with E-state index < -0.39 is 0 Å². The largest absolute Gasteiger partial charge is 0.376 e. The van der Waals surface area contributed by atoms with Crippen molar-refractivity contribution in [3.05, 3.63) is 71.5 Å². The molecule has 4 nitrogen and oxygen atoms in total. The van der Waals surface area contributed by atoms with Crippen molar-refractivity contribution >= 4 is 5.96 Å². The van der Waals surface area contributed by atoms with Crippen molar-refractivity contribution in [3.8, 4) is 0 Å². The molecule has 0 amide bonds. The van der Waals surface area contributed by atoms with E-state index in [1.54, 1.807) is 12.1 Å². The maximum absolute atomic E-state index is 13.8. The van der Waals surface area contributed by atoms with Crippen LogP contribution in [0.4, 0.5) is 4.39 Å². The van der Waals surface area contributed by atoms with Gasteiger partial charge in [0.05, 0.1) is 19.8 Å². The number of halogens is 1. The van der Waals surface area contributed by atoms with Crippen molar-refractivity contribution in [2.45, 2.75) is 26.5 Å². The molecule has 1 unspecified atom stereocenters. The van der Waals surface area contributed by atoms with Gasteiger partial charge in [0.1, 0.15) is 5.82 Å². The summed E-state index contributed by atoms with van der Waals surface area (Å²) < 4.78 is 19.7. The zero-order chi connectivity index (χ0) is 18.9. The molecule has 1 heterocycles. The molecule has 0 aliphatic carbocycles. The van der Waals surface area contributed by atoms with Crippen LogP contribution in [-0.2, 0) is 17.9 Å². The fourth-order valence-electron chi connectivity index (χ4n) is 3.29. The zero-order valence-electron chi connectivity index (χ0n) is 15.9. The van der Waals surface area contributed by atoms with Crippen molar-refractivity contribution in [2.24, 2.45) is 10.9 Å². The fourth-order valence-corrected chi connectivity index (χ4v) is 3.29. The summed E-state index contributed by atoms with van der Waals surface area (Å²) in [5.41, 5.74) is 1.82. The minimum atomic E-state index is -0.203. The van der Waals surface area contributed by atoms with Crippen LogP contribution >= 0.6 is 0 Å². The number of guanidine groups is 1. The number of hydrogen-bond donors (Lipinski definition) is 1. The molecule has 0 saturated carbocycles. The first kappa shape index (κ1) is 19.4. The molecule has 0 aromatic heterocycles. The Bertz CT molecular complexity index is 735. The molecule has 2 aromatic rings. The normalized spacial score (nSPS) is 17.3. The maximum atomic E-state index is 13.8. The Hall–Kier alpha value is -2.40. The van der Waals surface area contributed by atoms with Crippen LogP contribution < -0.4 is 5.32 Å². The standard InChI is InChI=1S/C22H28FN3O/c1-2-24-22(25-14-20-10-6-7-11-21(20)23)26-13-12-19(15-26)17-27-16-18-8-4-3-5-9-18/h3-11,19H,2,12-17H2,1H3,(H,24,25). The Kier molecular flexibility index (Phi) is 7.22. The first-order valence-corrected chi connectivity index (χ1v) is 9.64. The van der Waals surface area contributed by atoms with Gasteiger partial charge in [0, 0.05) is 31.1 Å². The average molecular weight is 369 g/mol. The van der Waals surface area contributed by atoms with Crippen LogP contribution in [0.1, 0.15) is 24.5 Å².